The van der Waals surface area contributed by atoms with E-state index in [9.17, 15) is 9.90 Å². The summed E-state index contributed by atoms with van der Waals surface area (Å²) >= 11 is 0. The highest BCUT2D eigenvalue weighted by atomic mass is 16.4. The average Bonchev–Trinajstić information content (AvgIpc) is 2.35. The fraction of sp³-hybridized carbons (Fsp3) is 0.786. The number of carbonyl (C=O) groups is 1. The van der Waals surface area contributed by atoms with E-state index in [0.717, 1.165) is 12.8 Å². The third-order valence-electron chi connectivity index (χ3n) is 3.72. The summed E-state index contributed by atoms with van der Waals surface area (Å²) in [6.07, 6.45) is 9.45. The van der Waals surface area contributed by atoms with Crippen molar-refractivity contribution >= 4 is 5.97 Å². The van der Waals surface area contributed by atoms with Gasteiger partial charge in [0.25, 0.3) is 0 Å². The van der Waals surface area contributed by atoms with Crippen molar-refractivity contribution in [2.24, 2.45) is 5.92 Å². The summed E-state index contributed by atoms with van der Waals surface area (Å²) in [5.74, 6) is 1.62. The van der Waals surface area contributed by atoms with Crippen LogP contribution in [0.15, 0.2) is 0 Å². The summed E-state index contributed by atoms with van der Waals surface area (Å²) in [7, 11) is 0. The molecule has 1 unspecified atom stereocenters. The van der Waals surface area contributed by atoms with Gasteiger partial charge in [0.15, 0.2) is 0 Å². The Morgan fingerprint density at radius 2 is 2.17 bits per heavy atom. The molecule has 1 saturated carbocycles. The maximum Gasteiger partial charge on any atom is 0.306 e. The van der Waals surface area contributed by atoms with Gasteiger partial charge in [-0.05, 0) is 32.1 Å². The molecule has 0 amide bonds. The van der Waals surface area contributed by atoms with E-state index in [1.54, 1.807) is 0 Å². The Labute approximate surface area is 109 Å². The molecule has 4 nitrogen and oxygen atoms in total. The van der Waals surface area contributed by atoms with Gasteiger partial charge in [-0.1, -0.05) is 19.3 Å². The first-order valence-electron chi connectivity index (χ1n) is 6.65. The van der Waals surface area contributed by atoms with Crippen LogP contribution in [0.3, 0.4) is 0 Å². The fourth-order valence-electron chi connectivity index (χ4n) is 2.43. The number of terminal acetylenes is 1. The molecule has 0 saturated heterocycles. The lowest BCUT2D eigenvalue weighted by molar-refractivity contribution is -0.144. The average molecular weight is 253 g/mol. The first kappa shape index (κ1) is 15.0. The van der Waals surface area contributed by atoms with Crippen LogP contribution in [0.5, 0.6) is 0 Å². The molecule has 0 aliphatic heterocycles. The molecule has 18 heavy (non-hydrogen) atoms. The predicted molar refractivity (Wildman–Crippen MR) is 70.1 cm³/mol. The summed E-state index contributed by atoms with van der Waals surface area (Å²) in [5.41, 5.74) is -0.797. The predicted octanol–water partition coefficient (Wildman–Crippen LogP) is 1.38. The fourth-order valence-corrected chi connectivity index (χ4v) is 2.43. The van der Waals surface area contributed by atoms with Crippen LogP contribution in [-0.4, -0.2) is 34.4 Å². The third kappa shape index (κ3) is 4.32. The monoisotopic (exact) mass is 253 g/mol. The van der Waals surface area contributed by atoms with E-state index in [1.807, 2.05) is 0 Å². The quantitative estimate of drug-likeness (QED) is 0.626. The molecule has 102 valence electrons. The molecule has 3 N–H and O–H groups in total. The SMILES string of the molecule is C#CC(CCC)NCC1(O)CCC(C(=O)O)CC1. The van der Waals surface area contributed by atoms with Crippen molar-refractivity contribution in [3.05, 3.63) is 0 Å². The van der Waals surface area contributed by atoms with Crippen molar-refractivity contribution in [1.82, 2.24) is 5.32 Å². The Morgan fingerprint density at radius 1 is 1.56 bits per heavy atom. The smallest absolute Gasteiger partial charge is 0.306 e. The van der Waals surface area contributed by atoms with E-state index in [1.165, 1.54) is 0 Å². The van der Waals surface area contributed by atoms with Crippen LogP contribution >= 0.6 is 0 Å². The van der Waals surface area contributed by atoms with Gasteiger partial charge in [0.2, 0.25) is 0 Å². The Bertz CT molecular complexity index is 313. The third-order valence-corrected chi connectivity index (χ3v) is 3.72. The van der Waals surface area contributed by atoms with Gasteiger partial charge in [0.1, 0.15) is 0 Å². The maximum atomic E-state index is 10.8. The molecule has 0 heterocycles. The van der Waals surface area contributed by atoms with E-state index < -0.39 is 11.6 Å². The summed E-state index contributed by atoms with van der Waals surface area (Å²) in [5, 5.41) is 22.5. The topological polar surface area (TPSA) is 69.6 Å². The second kappa shape index (κ2) is 6.77. The summed E-state index contributed by atoms with van der Waals surface area (Å²) in [6, 6.07) is -0.00350. The molecule has 0 spiro atoms. The van der Waals surface area contributed by atoms with Crippen LogP contribution in [0.2, 0.25) is 0 Å². The molecule has 0 aromatic heterocycles. The van der Waals surface area contributed by atoms with Crippen molar-refractivity contribution in [1.29, 1.82) is 0 Å². The van der Waals surface area contributed by atoms with E-state index in [0.29, 0.717) is 32.2 Å². The van der Waals surface area contributed by atoms with Crippen molar-refractivity contribution in [3.8, 4) is 12.3 Å². The molecule has 1 rings (SSSR count). The number of rotatable bonds is 6. The van der Waals surface area contributed by atoms with Crippen LogP contribution < -0.4 is 5.32 Å². The molecule has 1 fully saturated rings. The van der Waals surface area contributed by atoms with Gasteiger partial charge in [-0.3, -0.25) is 4.79 Å². The Balaban J connectivity index is 2.38. The van der Waals surface area contributed by atoms with E-state index in [4.69, 9.17) is 11.5 Å². The van der Waals surface area contributed by atoms with Crippen LogP contribution in [0.4, 0.5) is 0 Å². The number of carboxylic acids is 1. The molecule has 1 atom stereocenters. The maximum absolute atomic E-state index is 10.8. The normalized spacial score (nSPS) is 29.5. The minimum atomic E-state index is -0.797. The Hall–Kier alpha value is -1.05. The summed E-state index contributed by atoms with van der Waals surface area (Å²) in [6.45, 7) is 2.52. The highest BCUT2D eigenvalue weighted by Gasteiger charge is 2.35. The number of hydrogen-bond donors (Lipinski definition) is 3. The van der Waals surface area contributed by atoms with Gasteiger partial charge in [0.05, 0.1) is 17.6 Å². The van der Waals surface area contributed by atoms with Gasteiger partial charge >= 0.3 is 5.97 Å². The van der Waals surface area contributed by atoms with Gasteiger partial charge in [0, 0.05) is 6.54 Å². The van der Waals surface area contributed by atoms with Gasteiger partial charge in [-0.15, -0.1) is 6.42 Å². The lowest BCUT2D eigenvalue weighted by Crippen LogP contribution is -2.47. The molecule has 0 radical (unpaired) electrons. The lowest BCUT2D eigenvalue weighted by Gasteiger charge is -2.35. The van der Waals surface area contributed by atoms with Crippen molar-refractivity contribution in [2.75, 3.05) is 6.54 Å². The molecule has 0 aromatic rings. The molecule has 1 aliphatic carbocycles. The summed E-state index contributed by atoms with van der Waals surface area (Å²) < 4.78 is 0. The van der Waals surface area contributed by atoms with Crippen molar-refractivity contribution < 1.29 is 15.0 Å². The van der Waals surface area contributed by atoms with Gasteiger partial charge < -0.3 is 15.5 Å². The summed E-state index contributed by atoms with van der Waals surface area (Å²) in [4.78, 5) is 10.8. The van der Waals surface area contributed by atoms with E-state index in [-0.39, 0.29) is 12.0 Å². The number of aliphatic hydroxyl groups is 1. The molecular weight excluding hydrogens is 230 g/mol. The zero-order valence-electron chi connectivity index (χ0n) is 11.0. The highest BCUT2D eigenvalue weighted by Crippen LogP contribution is 2.31. The van der Waals surface area contributed by atoms with Crippen molar-refractivity contribution in [3.63, 3.8) is 0 Å². The Morgan fingerprint density at radius 3 is 2.61 bits per heavy atom. The highest BCUT2D eigenvalue weighted by molar-refractivity contribution is 5.70. The first-order chi connectivity index (χ1) is 8.50. The van der Waals surface area contributed by atoms with Gasteiger partial charge in [-0.2, -0.15) is 0 Å². The largest absolute Gasteiger partial charge is 0.481 e. The van der Waals surface area contributed by atoms with Crippen LogP contribution in [0.1, 0.15) is 45.4 Å². The minimum absolute atomic E-state index is 0.00350. The zero-order chi connectivity index (χ0) is 13.6. The van der Waals surface area contributed by atoms with Crippen LogP contribution in [0.25, 0.3) is 0 Å². The number of aliphatic carboxylic acids is 1. The van der Waals surface area contributed by atoms with Crippen LogP contribution in [0, 0.1) is 18.3 Å². The van der Waals surface area contributed by atoms with Crippen LogP contribution in [-0.2, 0) is 4.79 Å². The van der Waals surface area contributed by atoms with E-state index in [2.05, 4.69) is 18.2 Å². The molecule has 4 heteroatoms. The molecule has 0 aromatic carbocycles. The number of carboxylic acid groups (broad SMARTS) is 1. The van der Waals surface area contributed by atoms with E-state index >= 15 is 0 Å². The van der Waals surface area contributed by atoms with Crippen molar-refractivity contribution in [2.45, 2.75) is 57.1 Å². The number of nitrogens with one attached hydrogen (secondary N) is 1. The molecular formula is C14H23NO3. The molecule has 1 aliphatic rings. The molecule has 0 bridgehead atoms. The minimum Gasteiger partial charge on any atom is -0.481 e. The first-order valence-corrected chi connectivity index (χ1v) is 6.65. The zero-order valence-corrected chi connectivity index (χ0v) is 11.0. The number of hydrogen-bond acceptors (Lipinski definition) is 3. The second-order valence-electron chi connectivity index (χ2n) is 5.23. The van der Waals surface area contributed by atoms with Gasteiger partial charge in [-0.25, -0.2) is 0 Å². The lowest BCUT2D eigenvalue weighted by atomic mass is 9.78. The second-order valence-corrected chi connectivity index (χ2v) is 5.23. The standard InChI is InChI=1S/C14H23NO3/c1-3-5-12(4-2)15-10-14(18)8-6-11(7-9-14)13(16)17/h2,11-12,15,18H,3,5-10H2,1H3,(H,16,17). The Kier molecular flexibility index (Phi) is 5.64.